The zero-order valence-electron chi connectivity index (χ0n) is 14.8. The van der Waals surface area contributed by atoms with Crippen LogP contribution < -0.4 is 4.90 Å². The Morgan fingerprint density at radius 1 is 1.28 bits per heavy atom. The molecule has 2 aliphatic heterocycles. The minimum absolute atomic E-state index is 0.230. The number of thiazole rings is 1. The Kier molecular flexibility index (Phi) is 5.00. The highest BCUT2D eigenvalue weighted by Crippen LogP contribution is 2.34. The van der Waals surface area contributed by atoms with Gasteiger partial charge in [0.15, 0.2) is 11.0 Å². The lowest BCUT2D eigenvalue weighted by molar-refractivity contribution is 0.122. The van der Waals surface area contributed by atoms with E-state index in [1.54, 1.807) is 11.3 Å². The van der Waals surface area contributed by atoms with Gasteiger partial charge in [-0.2, -0.15) is 4.98 Å². The smallest absolute Gasteiger partial charge is 0.244 e. The zero-order chi connectivity index (χ0) is 17.2. The van der Waals surface area contributed by atoms with Crippen molar-refractivity contribution in [2.75, 3.05) is 37.7 Å². The maximum atomic E-state index is 5.54. The van der Waals surface area contributed by atoms with Gasteiger partial charge in [-0.25, -0.2) is 4.98 Å². The fourth-order valence-electron chi connectivity index (χ4n) is 3.38. The maximum Gasteiger partial charge on any atom is 0.244 e. The van der Waals surface area contributed by atoms with Crippen molar-refractivity contribution < 1.29 is 9.26 Å². The Balaban J connectivity index is 1.43. The van der Waals surface area contributed by atoms with Crippen molar-refractivity contribution in [3.63, 3.8) is 0 Å². The Hall–Kier alpha value is -1.51. The van der Waals surface area contributed by atoms with E-state index in [1.165, 1.54) is 11.3 Å². The van der Waals surface area contributed by atoms with E-state index in [4.69, 9.17) is 9.26 Å². The van der Waals surface area contributed by atoms with Gasteiger partial charge in [0.1, 0.15) is 0 Å². The molecule has 8 heteroatoms. The van der Waals surface area contributed by atoms with E-state index < -0.39 is 0 Å². The molecular weight excluding hydrogens is 338 g/mol. The number of aromatic nitrogens is 3. The summed E-state index contributed by atoms with van der Waals surface area (Å²) < 4.78 is 11.0. The fraction of sp³-hybridized carbons (Fsp3) is 0.706. The summed E-state index contributed by atoms with van der Waals surface area (Å²) in [4.78, 5) is 15.3. The van der Waals surface area contributed by atoms with Gasteiger partial charge in [0.05, 0.1) is 19.3 Å². The highest BCUT2D eigenvalue weighted by atomic mass is 32.1. The Bertz CT molecular complexity index is 695. The highest BCUT2D eigenvalue weighted by Gasteiger charge is 2.31. The number of anilines is 1. The molecule has 0 spiro atoms. The van der Waals surface area contributed by atoms with E-state index in [0.717, 1.165) is 62.7 Å². The molecule has 0 N–H and O–H groups in total. The first-order valence-electron chi connectivity index (χ1n) is 9.05. The molecule has 0 aliphatic carbocycles. The van der Waals surface area contributed by atoms with Crippen molar-refractivity contribution >= 4 is 16.5 Å². The van der Waals surface area contributed by atoms with Gasteiger partial charge in [-0.05, 0) is 19.4 Å². The van der Waals surface area contributed by atoms with Crippen LogP contribution in [0.4, 0.5) is 5.13 Å². The summed E-state index contributed by atoms with van der Waals surface area (Å²) in [6, 6.07) is 0.230. The molecule has 0 saturated carbocycles. The molecule has 2 aromatic heterocycles. The molecule has 0 bridgehead atoms. The predicted molar refractivity (Wildman–Crippen MR) is 95.9 cm³/mol. The molecule has 1 atom stereocenters. The van der Waals surface area contributed by atoms with E-state index >= 15 is 0 Å². The Morgan fingerprint density at radius 2 is 2.12 bits per heavy atom. The predicted octanol–water partition coefficient (Wildman–Crippen LogP) is 2.82. The number of nitrogens with zero attached hydrogens (tertiary/aromatic N) is 5. The number of rotatable bonds is 5. The second kappa shape index (κ2) is 7.39. The molecular formula is C17H25N5O2S. The summed E-state index contributed by atoms with van der Waals surface area (Å²) in [6.45, 7) is 9.58. The van der Waals surface area contributed by atoms with Crippen molar-refractivity contribution in [1.29, 1.82) is 0 Å². The standard InChI is InChI=1S/C17H25N5O2S/c1-12(2)15-19-16(24-20-15)14-4-3-5-22(14)11-13-10-18-17(25-13)21-6-8-23-9-7-21/h10,12,14H,3-9,11H2,1-2H3/t14-/m1/s1. The largest absolute Gasteiger partial charge is 0.378 e. The molecule has 2 fully saturated rings. The van der Waals surface area contributed by atoms with E-state index in [-0.39, 0.29) is 6.04 Å². The molecule has 0 aromatic carbocycles. The van der Waals surface area contributed by atoms with Gasteiger partial charge in [-0.15, -0.1) is 11.3 Å². The maximum absolute atomic E-state index is 5.54. The summed E-state index contributed by atoms with van der Waals surface area (Å²) in [5.74, 6) is 1.86. The van der Waals surface area contributed by atoms with Crippen molar-refractivity contribution in [1.82, 2.24) is 20.0 Å². The van der Waals surface area contributed by atoms with Crippen LogP contribution >= 0.6 is 11.3 Å². The van der Waals surface area contributed by atoms with Gasteiger partial charge < -0.3 is 14.2 Å². The van der Waals surface area contributed by atoms with Crippen LogP contribution in [0, 0.1) is 0 Å². The topological polar surface area (TPSA) is 67.5 Å². The number of hydrogen-bond donors (Lipinski definition) is 0. The monoisotopic (exact) mass is 363 g/mol. The van der Waals surface area contributed by atoms with Gasteiger partial charge in [0.2, 0.25) is 5.89 Å². The minimum atomic E-state index is 0.230. The molecule has 2 saturated heterocycles. The summed E-state index contributed by atoms with van der Waals surface area (Å²) in [7, 11) is 0. The molecule has 0 amide bonds. The van der Waals surface area contributed by atoms with Crippen LogP contribution in [0.15, 0.2) is 10.7 Å². The summed E-state index contributed by atoms with van der Waals surface area (Å²) in [5, 5.41) is 5.23. The number of ether oxygens (including phenoxy) is 1. The van der Waals surface area contributed by atoms with Crippen LogP contribution in [0.1, 0.15) is 55.2 Å². The summed E-state index contributed by atoms with van der Waals surface area (Å²) >= 11 is 1.78. The molecule has 2 aliphatic rings. The average molecular weight is 363 g/mol. The minimum Gasteiger partial charge on any atom is -0.378 e. The number of morpholine rings is 1. The van der Waals surface area contributed by atoms with E-state index in [1.807, 2.05) is 6.20 Å². The lowest BCUT2D eigenvalue weighted by Crippen LogP contribution is -2.36. The van der Waals surface area contributed by atoms with Gasteiger partial charge in [-0.1, -0.05) is 19.0 Å². The van der Waals surface area contributed by atoms with Crippen molar-refractivity contribution in [3.8, 4) is 0 Å². The Morgan fingerprint density at radius 3 is 2.88 bits per heavy atom. The van der Waals surface area contributed by atoms with Gasteiger partial charge in [0, 0.05) is 36.6 Å². The molecule has 4 heterocycles. The van der Waals surface area contributed by atoms with Gasteiger partial charge in [-0.3, -0.25) is 4.90 Å². The third-order valence-corrected chi connectivity index (χ3v) is 5.85. The average Bonchev–Trinajstić information content (AvgIpc) is 3.36. The molecule has 136 valence electrons. The molecule has 4 rings (SSSR count). The van der Waals surface area contributed by atoms with Gasteiger partial charge >= 0.3 is 0 Å². The zero-order valence-corrected chi connectivity index (χ0v) is 15.7. The van der Waals surface area contributed by atoms with Crippen LogP contribution in [-0.2, 0) is 11.3 Å². The fourth-order valence-corrected chi connectivity index (χ4v) is 4.37. The first-order chi connectivity index (χ1) is 12.2. The molecule has 0 radical (unpaired) electrons. The highest BCUT2D eigenvalue weighted by molar-refractivity contribution is 7.15. The van der Waals surface area contributed by atoms with Crippen molar-refractivity contribution in [2.24, 2.45) is 0 Å². The first kappa shape index (κ1) is 16.9. The van der Waals surface area contributed by atoms with Crippen LogP contribution in [0.25, 0.3) is 0 Å². The van der Waals surface area contributed by atoms with E-state index in [9.17, 15) is 0 Å². The molecule has 0 unspecified atom stereocenters. The summed E-state index contributed by atoms with van der Waals surface area (Å²) in [6.07, 6.45) is 4.26. The first-order valence-corrected chi connectivity index (χ1v) is 9.87. The normalized spacial score (nSPS) is 22.2. The third-order valence-electron chi connectivity index (χ3n) is 4.80. The van der Waals surface area contributed by atoms with Crippen LogP contribution in [0.5, 0.6) is 0 Å². The number of hydrogen-bond acceptors (Lipinski definition) is 8. The van der Waals surface area contributed by atoms with Crippen LogP contribution in [0.2, 0.25) is 0 Å². The van der Waals surface area contributed by atoms with E-state index in [2.05, 4.69) is 38.8 Å². The lowest BCUT2D eigenvalue weighted by Gasteiger charge is -2.26. The Labute approximate surface area is 152 Å². The van der Waals surface area contributed by atoms with Crippen molar-refractivity contribution in [2.45, 2.75) is 45.2 Å². The SMILES string of the molecule is CC(C)c1noc([C@H]2CCCN2Cc2cnc(N3CCOCC3)s2)n1. The second-order valence-electron chi connectivity index (χ2n) is 6.98. The van der Waals surface area contributed by atoms with E-state index in [0.29, 0.717) is 5.92 Å². The molecule has 2 aromatic rings. The molecule has 25 heavy (non-hydrogen) atoms. The van der Waals surface area contributed by atoms with Gasteiger partial charge in [0.25, 0.3) is 0 Å². The summed E-state index contributed by atoms with van der Waals surface area (Å²) in [5.41, 5.74) is 0. The quantitative estimate of drug-likeness (QED) is 0.809. The van der Waals surface area contributed by atoms with Crippen LogP contribution in [-0.4, -0.2) is 52.9 Å². The molecule has 7 nitrogen and oxygen atoms in total. The third kappa shape index (κ3) is 3.70. The number of likely N-dealkylation sites (tertiary alicyclic amines) is 1. The van der Waals surface area contributed by atoms with Crippen LogP contribution in [0.3, 0.4) is 0 Å². The van der Waals surface area contributed by atoms with Crippen molar-refractivity contribution in [3.05, 3.63) is 22.8 Å². The lowest BCUT2D eigenvalue weighted by atomic mass is 10.2. The second-order valence-corrected chi connectivity index (χ2v) is 8.08.